The fourth-order valence-corrected chi connectivity index (χ4v) is 1.65. The number of pyridine rings is 1. The first-order valence-electron chi connectivity index (χ1n) is 4.86. The molecule has 15 heavy (non-hydrogen) atoms. The van der Waals surface area contributed by atoms with Gasteiger partial charge in [0.2, 0.25) is 0 Å². The third-order valence-electron chi connectivity index (χ3n) is 2.41. The zero-order chi connectivity index (χ0) is 10.1. The van der Waals surface area contributed by atoms with Crippen molar-refractivity contribution in [2.75, 3.05) is 5.32 Å². The van der Waals surface area contributed by atoms with Gasteiger partial charge in [-0.25, -0.2) is 4.98 Å². The van der Waals surface area contributed by atoms with E-state index >= 15 is 0 Å². The van der Waals surface area contributed by atoms with Crippen LogP contribution in [0.2, 0.25) is 0 Å². The predicted molar refractivity (Wildman–Crippen MR) is 58.3 cm³/mol. The lowest BCUT2D eigenvalue weighted by Crippen LogP contribution is -1.95. The summed E-state index contributed by atoms with van der Waals surface area (Å²) >= 11 is 0. The highest BCUT2D eigenvalue weighted by Gasteiger charge is 2.12. The van der Waals surface area contributed by atoms with Crippen LogP contribution in [-0.2, 0) is 6.61 Å². The van der Waals surface area contributed by atoms with E-state index in [1.165, 1.54) is 0 Å². The van der Waals surface area contributed by atoms with Crippen molar-refractivity contribution in [2.45, 2.75) is 6.61 Å². The average molecular weight is 198 g/mol. The van der Waals surface area contributed by atoms with E-state index in [0.29, 0.717) is 6.61 Å². The number of rotatable bonds is 0. The Labute approximate surface area is 87.7 Å². The average Bonchev–Trinajstić information content (AvgIpc) is 2.48. The van der Waals surface area contributed by atoms with Crippen LogP contribution in [0.25, 0.3) is 0 Å². The summed E-state index contributed by atoms with van der Waals surface area (Å²) in [5, 5.41) is 3.27. The first kappa shape index (κ1) is 8.29. The van der Waals surface area contributed by atoms with Gasteiger partial charge in [-0.3, -0.25) is 0 Å². The topological polar surface area (TPSA) is 34.1 Å². The van der Waals surface area contributed by atoms with Crippen LogP contribution in [0.4, 0.5) is 11.5 Å². The fourth-order valence-electron chi connectivity index (χ4n) is 1.65. The maximum atomic E-state index is 5.67. The SMILES string of the molecule is c1cnc2c(c1)COc1ccccc1N2. The van der Waals surface area contributed by atoms with Gasteiger partial charge in [-0.1, -0.05) is 18.2 Å². The summed E-state index contributed by atoms with van der Waals surface area (Å²) in [6, 6.07) is 11.8. The highest BCUT2D eigenvalue weighted by Crippen LogP contribution is 2.31. The molecular formula is C12H10N2O. The minimum Gasteiger partial charge on any atom is -0.487 e. The second-order valence-electron chi connectivity index (χ2n) is 3.42. The minimum absolute atomic E-state index is 0.563. The Hall–Kier alpha value is -2.03. The molecule has 0 aliphatic carbocycles. The molecule has 0 bridgehead atoms. The van der Waals surface area contributed by atoms with Gasteiger partial charge < -0.3 is 10.1 Å². The molecule has 3 nitrogen and oxygen atoms in total. The molecule has 0 atom stereocenters. The third-order valence-corrected chi connectivity index (χ3v) is 2.41. The lowest BCUT2D eigenvalue weighted by molar-refractivity contribution is 0.310. The maximum Gasteiger partial charge on any atom is 0.143 e. The minimum atomic E-state index is 0.563. The molecule has 0 saturated heterocycles. The monoisotopic (exact) mass is 198 g/mol. The summed E-state index contributed by atoms with van der Waals surface area (Å²) in [6.07, 6.45) is 1.78. The number of nitrogens with zero attached hydrogens (tertiary/aromatic N) is 1. The first-order chi connectivity index (χ1) is 7.43. The smallest absolute Gasteiger partial charge is 0.143 e. The number of nitrogens with one attached hydrogen (secondary N) is 1. The van der Waals surface area contributed by atoms with Crippen LogP contribution in [0.15, 0.2) is 42.6 Å². The largest absolute Gasteiger partial charge is 0.487 e. The van der Waals surface area contributed by atoms with E-state index in [4.69, 9.17) is 4.74 Å². The lowest BCUT2D eigenvalue weighted by Gasteiger charge is -2.05. The van der Waals surface area contributed by atoms with E-state index in [-0.39, 0.29) is 0 Å². The van der Waals surface area contributed by atoms with Gasteiger partial charge in [-0.2, -0.15) is 0 Å². The van der Waals surface area contributed by atoms with Gasteiger partial charge in [-0.15, -0.1) is 0 Å². The molecule has 1 aliphatic rings. The van der Waals surface area contributed by atoms with E-state index in [0.717, 1.165) is 22.8 Å². The van der Waals surface area contributed by atoms with Crippen molar-refractivity contribution in [2.24, 2.45) is 0 Å². The van der Waals surface area contributed by atoms with Gasteiger partial charge in [0.15, 0.2) is 0 Å². The van der Waals surface area contributed by atoms with Crippen LogP contribution in [0.1, 0.15) is 5.56 Å². The second kappa shape index (κ2) is 3.28. The summed E-state index contributed by atoms with van der Waals surface area (Å²) in [6.45, 7) is 0.563. The number of hydrogen-bond donors (Lipinski definition) is 1. The Morgan fingerprint density at radius 1 is 1.13 bits per heavy atom. The number of aromatic nitrogens is 1. The quantitative estimate of drug-likeness (QED) is 0.706. The number of benzene rings is 1. The molecule has 1 aromatic carbocycles. The summed E-state index contributed by atoms with van der Waals surface area (Å²) in [7, 11) is 0. The first-order valence-corrected chi connectivity index (χ1v) is 4.86. The van der Waals surface area contributed by atoms with Crippen molar-refractivity contribution < 1.29 is 4.74 Å². The number of ether oxygens (including phenoxy) is 1. The highest BCUT2D eigenvalue weighted by atomic mass is 16.5. The number of fused-ring (bicyclic) bond motifs is 2. The van der Waals surface area contributed by atoms with Crippen LogP contribution in [0.3, 0.4) is 0 Å². The fraction of sp³-hybridized carbons (Fsp3) is 0.0833. The third kappa shape index (κ3) is 1.42. The molecule has 0 fully saturated rings. The van der Waals surface area contributed by atoms with Crippen LogP contribution >= 0.6 is 0 Å². The van der Waals surface area contributed by atoms with Gasteiger partial charge in [0.05, 0.1) is 5.69 Å². The highest BCUT2D eigenvalue weighted by molar-refractivity contribution is 5.67. The molecule has 0 amide bonds. The van der Waals surface area contributed by atoms with Crippen LogP contribution in [0, 0.1) is 0 Å². The van der Waals surface area contributed by atoms with Crippen LogP contribution in [-0.4, -0.2) is 4.98 Å². The van der Waals surface area contributed by atoms with Gasteiger partial charge in [0.1, 0.15) is 18.2 Å². The van der Waals surface area contributed by atoms with Gasteiger partial charge >= 0.3 is 0 Å². The molecule has 2 heterocycles. The summed E-state index contributed by atoms with van der Waals surface area (Å²) < 4.78 is 5.67. The van der Waals surface area contributed by atoms with E-state index in [2.05, 4.69) is 10.3 Å². The van der Waals surface area contributed by atoms with E-state index in [1.54, 1.807) is 6.20 Å². The van der Waals surface area contributed by atoms with Gasteiger partial charge in [-0.05, 0) is 18.2 Å². The van der Waals surface area contributed by atoms with Crippen LogP contribution < -0.4 is 10.1 Å². The Bertz CT molecular complexity index is 451. The predicted octanol–water partition coefficient (Wildman–Crippen LogP) is 2.72. The van der Waals surface area contributed by atoms with E-state index < -0.39 is 0 Å². The van der Waals surface area contributed by atoms with Crippen LogP contribution in [0.5, 0.6) is 5.75 Å². The van der Waals surface area contributed by atoms with Gasteiger partial charge in [0, 0.05) is 11.8 Å². The molecule has 0 spiro atoms. The molecule has 1 aliphatic heterocycles. The van der Waals surface area contributed by atoms with E-state index in [9.17, 15) is 0 Å². The molecule has 1 aromatic heterocycles. The molecule has 3 rings (SSSR count). The molecule has 2 aromatic rings. The lowest BCUT2D eigenvalue weighted by atomic mass is 10.2. The van der Waals surface area contributed by atoms with Crippen molar-refractivity contribution in [1.29, 1.82) is 0 Å². The summed E-state index contributed by atoms with van der Waals surface area (Å²) in [4.78, 5) is 4.29. The Morgan fingerprint density at radius 3 is 3.07 bits per heavy atom. The maximum absolute atomic E-state index is 5.67. The molecular weight excluding hydrogens is 188 g/mol. The number of hydrogen-bond acceptors (Lipinski definition) is 3. The van der Waals surface area contributed by atoms with Crippen molar-refractivity contribution in [3.05, 3.63) is 48.2 Å². The van der Waals surface area contributed by atoms with Crippen molar-refractivity contribution in [1.82, 2.24) is 4.98 Å². The van der Waals surface area contributed by atoms with Crippen molar-refractivity contribution >= 4 is 11.5 Å². The van der Waals surface area contributed by atoms with Gasteiger partial charge in [0.25, 0.3) is 0 Å². The summed E-state index contributed by atoms with van der Waals surface area (Å²) in [5.41, 5.74) is 2.05. The molecule has 74 valence electrons. The molecule has 0 saturated carbocycles. The van der Waals surface area contributed by atoms with Crippen molar-refractivity contribution in [3.8, 4) is 5.75 Å². The molecule has 0 unspecified atom stereocenters. The number of para-hydroxylation sites is 2. The Morgan fingerprint density at radius 2 is 2.07 bits per heavy atom. The zero-order valence-corrected chi connectivity index (χ0v) is 8.10. The summed E-state index contributed by atoms with van der Waals surface area (Å²) in [5.74, 6) is 1.75. The zero-order valence-electron chi connectivity index (χ0n) is 8.10. The van der Waals surface area contributed by atoms with Crippen molar-refractivity contribution in [3.63, 3.8) is 0 Å². The van der Waals surface area contributed by atoms with E-state index in [1.807, 2.05) is 36.4 Å². The normalized spacial score (nSPS) is 12.8. The molecule has 1 N–H and O–H groups in total. The Balaban J connectivity index is 2.10. The molecule has 3 heteroatoms. The Kier molecular flexibility index (Phi) is 1.81. The molecule has 0 radical (unpaired) electrons. The second-order valence-corrected chi connectivity index (χ2v) is 3.42. The standard InChI is InChI=1S/C12H10N2O/c1-2-6-11-10(5-1)14-12-9(8-15-11)4-3-7-13-12/h1-7H,8H2,(H,13,14). The number of anilines is 2.